The van der Waals surface area contributed by atoms with Gasteiger partial charge in [-0.05, 0) is 66.8 Å². The summed E-state index contributed by atoms with van der Waals surface area (Å²) in [6.07, 6.45) is 3.37. The van der Waals surface area contributed by atoms with Gasteiger partial charge >= 0.3 is 0 Å². The minimum atomic E-state index is -0.0900. The minimum absolute atomic E-state index is 0.0900. The Morgan fingerprint density at radius 2 is 1.67 bits per heavy atom. The lowest BCUT2D eigenvalue weighted by molar-refractivity contribution is 0.102. The molecule has 1 aliphatic carbocycles. The van der Waals surface area contributed by atoms with Gasteiger partial charge in [-0.25, -0.2) is 0 Å². The highest BCUT2D eigenvalue weighted by atomic mass is 32.1. The summed E-state index contributed by atoms with van der Waals surface area (Å²) < 4.78 is 0. The maximum Gasteiger partial charge on any atom is 0.255 e. The second kappa shape index (κ2) is 5.66. The molecule has 0 bridgehead atoms. The third kappa shape index (κ3) is 2.95. The summed E-state index contributed by atoms with van der Waals surface area (Å²) in [5, 5.41) is 2.89. The average molecular weight is 296 g/mol. The Kier molecular flexibility index (Phi) is 3.71. The van der Waals surface area contributed by atoms with Crippen molar-refractivity contribution in [2.75, 3.05) is 5.32 Å². The number of amides is 1. The molecule has 2 aromatic carbocycles. The van der Waals surface area contributed by atoms with Gasteiger partial charge in [0, 0.05) is 16.8 Å². The summed E-state index contributed by atoms with van der Waals surface area (Å²) in [6.45, 7) is 0. The molecular weight excluding hydrogens is 280 g/mol. The van der Waals surface area contributed by atoms with Crippen LogP contribution in [0.1, 0.15) is 33.5 Å². The van der Waals surface area contributed by atoms with Crippen molar-refractivity contribution in [1.29, 1.82) is 0 Å². The van der Waals surface area contributed by atoms with Crippen molar-refractivity contribution in [3.63, 3.8) is 0 Å². The fourth-order valence-electron chi connectivity index (χ4n) is 2.63. The molecule has 4 heteroatoms. The van der Waals surface area contributed by atoms with E-state index in [2.05, 4.69) is 11.4 Å². The highest BCUT2D eigenvalue weighted by Crippen LogP contribution is 2.23. The second-order valence-corrected chi connectivity index (χ2v) is 5.67. The fourth-order valence-corrected chi connectivity index (χ4v) is 2.77. The van der Waals surface area contributed by atoms with Gasteiger partial charge in [0.2, 0.25) is 0 Å². The molecule has 0 saturated carbocycles. The summed E-state index contributed by atoms with van der Waals surface area (Å²) in [4.78, 5) is 12.6. The maximum absolute atomic E-state index is 12.3. The Balaban J connectivity index is 1.75. The molecule has 3 nitrogen and oxygen atoms in total. The Hall–Kier alpha value is -2.20. The first-order valence-electron chi connectivity index (χ1n) is 6.96. The molecule has 0 radical (unpaired) electrons. The van der Waals surface area contributed by atoms with Crippen molar-refractivity contribution in [2.45, 2.75) is 19.3 Å². The Bertz CT molecular complexity index is 707. The lowest BCUT2D eigenvalue weighted by Gasteiger charge is -2.08. The predicted molar refractivity (Wildman–Crippen MR) is 88.7 cm³/mol. The minimum Gasteiger partial charge on any atom is -0.389 e. The van der Waals surface area contributed by atoms with Gasteiger partial charge in [0.15, 0.2) is 0 Å². The van der Waals surface area contributed by atoms with E-state index in [-0.39, 0.29) is 5.91 Å². The van der Waals surface area contributed by atoms with E-state index in [0.29, 0.717) is 10.6 Å². The highest BCUT2D eigenvalue weighted by Gasteiger charge is 2.14. The monoisotopic (exact) mass is 296 g/mol. The van der Waals surface area contributed by atoms with Crippen LogP contribution < -0.4 is 11.1 Å². The van der Waals surface area contributed by atoms with Crippen LogP contribution in [-0.4, -0.2) is 10.9 Å². The Morgan fingerprint density at radius 1 is 1.00 bits per heavy atom. The Morgan fingerprint density at radius 3 is 2.38 bits per heavy atom. The van der Waals surface area contributed by atoms with E-state index in [9.17, 15) is 4.79 Å². The van der Waals surface area contributed by atoms with Gasteiger partial charge in [0.25, 0.3) is 5.91 Å². The molecule has 0 spiro atoms. The van der Waals surface area contributed by atoms with Gasteiger partial charge < -0.3 is 11.1 Å². The van der Waals surface area contributed by atoms with Gasteiger partial charge in [-0.15, -0.1) is 0 Å². The van der Waals surface area contributed by atoms with Crippen molar-refractivity contribution >= 4 is 28.8 Å². The zero-order chi connectivity index (χ0) is 14.8. The third-order valence-electron chi connectivity index (χ3n) is 3.79. The number of thiocarbonyl (C=S) groups is 1. The second-order valence-electron chi connectivity index (χ2n) is 5.23. The normalized spacial score (nSPS) is 12.8. The van der Waals surface area contributed by atoms with Crippen molar-refractivity contribution in [3.05, 3.63) is 64.7 Å². The fraction of sp³-hybridized carbons (Fsp3) is 0.176. The zero-order valence-corrected chi connectivity index (χ0v) is 12.4. The van der Waals surface area contributed by atoms with Gasteiger partial charge in [0.05, 0.1) is 0 Å². The molecule has 3 N–H and O–H groups in total. The number of benzene rings is 2. The molecule has 2 aromatic rings. The third-order valence-corrected chi connectivity index (χ3v) is 4.02. The molecule has 106 valence electrons. The van der Waals surface area contributed by atoms with Crippen LogP contribution in [0.4, 0.5) is 5.69 Å². The molecule has 3 rings (SSSR count). The largest absolute Gasteiger partial charge is 0.389 e. The first-order chi connectivity index (χ1) is 10.1. The smallest absolute Gasteiger partial charge is 0.255 e. The molecule has 21 heavy (non-hydrogen) atoms. The van der Waals surface area contributed by atoms with Crippen molar-refractivity contribution in [1.82, 2.24) is 0 Å². The number of nitrogens with two attached hydrogens (primary N) is 1. The van der Waals surface area contributed by atoms with Crippen LogP contribution in [-0.2, 0) is 12.8 Å². The molecule has 0 atom stereocenters. The Labute approximate surface area is 129 Å². The number of nitrogens with one attached hydrogen (secondary N) is 1. The van der Waals surface area contributed by atoms with Gasteiger partial charge in [-0.3, -0.25) is 4.79 Å². The molecule has 0 aliphatic heterocycles. The summed E-state index contributed by atoms with van der Waals surface area (Å²) in [7, 11) is 0. The van der Waals surface area contributed by atoms with Crippen molar-refractivity contribution < 1.29 is 4.79 Å². The van der Waals surface area contributed by atoms with E-state index < -0.39 is 0 Å². The summed E-state index contributed by atoms with van der Waals surface area (Å²) in [6, 6.07) is 13.2. The number of fused-ring (bicyclic) bond motifs is 1. The van der Waals surface area contributed by atoms with E-state index in [1.54, 1.807) is 24.3 Å². The van der Waals surface area contributed by atoms with Crippen LogP contribution in [0.3, 0.4) is 0 Å². The molecule has 1 aliphatic rings. The number of rotatable bonds is 3. The van der Waals surface area contributed by atoms with Crippen LogP contribution >= 0.6 is 12.2 Å². The molecular formula is C17H16N2OS. The first kappa shape index (κ1) is 13.8. The van der Waals surface area contributed by atoms with Crippen molar-refractivity contribution in [2.24, 2.45) is 5.73 Å². The van der Waals surface area contributed by atoms with Crippen LogP contribution in [0.15, 0.2) is 42.5 Å². The van der Waals surface area contributed by atoms with Crippen LogP contribution in [0, 0.1) is 0 Å². The van der Waals surface area contributed by atoms with Gasteiger partial charge in [-0.2, -0.15) is 0 Å². The van der Waals surface area contributed by atoms with Gasteiger partial charge in [0.1, 0.15) is 4.99 Å². The summed E-state index contributed by atoms with van der Waals surface area (Å²) in [5.41, 5.74) is 10.4. The van der Waals surface area contributed by atoms with Gasteiger partial charge in [-0.1, -0.05) is 18.3 Å². The standard InChI is InChI=1S/C17H16N2OS/c18-16(21)12-6-8-15(9-7-12)19-17(20)14-5-4-11-2-1-3-13(11)10-14/h4-10H,1-3H2,(H2,18,21)(H,19,20). The topological polar surface area (TPSA) is 55.1 Å². The molecule has 1 amide bonds. The quantitative estimate of drug-likeness (QED) is 0.856. The number of carbonyl (C=O) groups excluding carboxylic acids is 1. The maximum atomic E-state index is 12.3. The first-order valence-corrected chi connectivity index (χ1v) is 7.37. The van der Waals surface area contributed by atoms with E-state index in [1.165, 1.54) is 17.5 Å². The molecule has 0 unspecified atom stereocenters. The van der Waals surface area contributed by atoms with E-state index in [1.807, 2.05) is 12.1 Å². The lowest BCUT2D eigenvalue weighted by Crippen LogP contribution is -2.13. The SMILES string of the molecule is NC(=S)c1ccc(NC(=O)c2ccc3c(c2)CCC3)cc1. The van der Waals surface area contributed by atoms with Crippen LogP contribution in [0.25, 0.3) is 0 Å². The van der Waals surface area contributed by atoms with E-state index in [4.69, 9.17) is 18.0 Å². The van der Waals surface area contributed by atoms with E-state index >= 15 is 0 Å². The summed E-state index contributed by atoms with van der Waals surface area (Å²) >= 11 is 4.91. The molecule has 0 aromatic heterocycles. The molecule has 0 saturated heterocycles. The number of aryl methyl sites for hydroxylation is 2. The van der Waals surface area contributed by atoms with Crippen LogP contribution in [0.2, 0.25) is 0 Å². The molecule has 0 heterocycles. The number of carbonyl (C=O) groups is 1. The number of hydrogen-bond donors (Lipinski definition) is 2. The van der Waals surface area contributed by atoms with Crippen LogP contribution in [0.5, 0.6) is 0 Å². The van der Waals surface area contributed by atoms with E-state index in [0.717, 1.165) is 24.1 Å². The zero-order valence-electron chi connectivity index (χ0n) is 11.6. The molecule has 0 fully saturated rings. The lowest BCUT2D eigenvalue weighted by atomic mass is 10.1. The number of hydrogen-bond acceptors (Lipinski definition) is 2. The highest BCUT2D eigenvalue weighted by molar-refractivity contribution is 7.80. The number of anilines is 1. The predicted octanol–water partition coefficient (Wildman–Crippen LogP) is 3.06. The summed E-state index contributed by atoms with van der Waals surface area (Å²) in [5.74, 6) is -0.0900. The average Bonchev–Trinajstić information content (AvgIpc) is 2.95. The van der Waals surface area contributed by atoms with Crippen molar-refractivity contribution in [3.8, 4) is 0 Å².